The standard InChI is InChI=1S/C32H27ClN4O5S/c1-21-5-10-25(11-6-21)35-30(38)20-42-28-14-9-24(33)16-23(28)17-29-31(39)37(19-27-4-3-15-41-27)32(43-29)36-34-18-22-7-12-26(40-2)13-8-22/h3-18H,19-20H2,1-2H3,(H,35,38)/b29-17-,34-18-,36-32+. The van der Waals surface area contributed by atoms with Crippen molar-refractivity contribution in [2.45, 2.75) is 13.5 Å². The van der Waals surface area contributed by atoms with Crippen LogP contribution in [-0.2, 0) is 16.1 Å². The van der Waals surface area contributed by atoms with Crippen molar-refractivity contribution in [3.05, 3.63) is 118 Å². The molecule has 0 saturated carbocycles. The van der Waals surface area contributed by atoms with E-state index < -0.39 is 0 Å². The third kappa shape index (κ3) is 7.94. The van der Waals surface area contributed by atoms with E-state index in [0.29, 0.717) is 37.9 Å². The van der Waals surface area contributed by atoms with Crippen LogP contribution in [0.25, 0.3) is 6.08 Å². The number of ether oxygens (including phenoxy) is 2. The number of furan rings is 1. The Morgan fingerprint density at radius 1 is 1.09 bits per heavy atom. The Bertz CT molecular complexity index is 1680. The van der Waals surface area contributed by atoms with Gasteiger partial charge in [-0.2, -0.15) is 5.10 Å². The number of nitrogens with zero attached hydrogens (tertiary/aromatic N) is 3. The Hall–Kier alpha value is -4.80. The summed E-state index contributed by atoms with van der Waals surface area (Å²) in [6.45, 7) is 1.91. The second-order valence-electron chi connectivity index (χ2n) is 9.37. The molecule has 0 aliphatic carbocycles. The summed E-state index contributed by atoms with van der Waals surface area (Å²) in [4.78, 5) is 27.9. The van der Waals surface area contributed by atoms with Crippen molar-refractivity contribution in [3.8, 4) is 11.5 Å². The Morgan fingerprint density at radius 3 is 2.60 bits per heavy atom. The summed E-state index contributed by atoms with van der Waals surface area (Å²) >= 11 is 7.45. The summed E-state index contributed by atoms with van der Waals surface area (Å²) in [7, 11) is 1.60. The number of amides is 2. The average Bonchev–Trinajstić information content (AvgIpc) is 3.63. The van der Waals surface area contributed by atoms with Crippen LogP contribution in [0.4, 0.5) is 5.69 Å². The van der Waals surface area contributed by atoms with Crippen LogP contribution in [0.5, 0.6) is 11.5 Å². The molecule has 11 heteroatoms. The topological polar surface area (TPSA) is 106 Å². The number of aryl methyl sites for hydroxylation is 1. The molecule has 0 atom stereocenters. The quantitative estimate of drug-likeness (QED) is 0.120. The summed E-state index contributed by atoms with van der Waals surface area (Å²) in [6, 6.07) is 23.3. The predicted octanol–water partition coefficient (Wildman–Crippen LogP) is 6.77. The molecule has 3 aromatic carbocycles. The Balaban J connectivity index is 1.36. The van der Waals surface area contributed by atoms with Gasteiger partial charge in [0.05, 0.1) is 31.0 Å². The zero-order valence-corrected chi connectivity index (χ0v) is 24.9. The number of nitrogens with one attached hydrogen (secondary N) is 1. The molecule has 1 aromatic heterocycles. The van der Waals surface area contributed by atoms with E-state index in [0.717, 1.165) is 28.6 Å². The lowest BCUT2D eigenvalue weighted by Crippen LogP contribution is -2.28. The summed E-state index contributed by atoms with van der Waals surface area (Å²) in [5, 5.41) is 12.2. The Kier molecular flexibility index (Phi) is 9.60. The third-order valence-electron chi connectivity index (χ3n) is 6.20. The van der Waals surface area contributed by atoms with Crippen molar-refractivity contribution in [2.75, 3.05) is 19.0 Å². The van der Waals surface area contributed by atoms with Gasteiger partial charge >= 0.3 is 0 Å². The van der Waals surface area contributed by atoms with Gasteiger partial charge < -0.3 is 19.2 Å². The maximum Gasteiger partial charge on any atom is 0.267 e. The van der Waals surface area contributed by atoms with Gasteiger partial charge in [0, 0.05) is 16.3 Å². The van der Waals surface area contributed by atoms with E-state index in [2.05, 4.69) is 15.5 Å². The first-order chi connectivity index (χ1) is 20.9. The van der Waals surface area contributed by atoms with E-state index in [1.165, 1.54) is 4.90 Å². The number of anilines is 1. The highest BCUT2D eigenvalue weighted by molar-refractivity contribution is 8.18. The molecule has 1 aliphatic heterocycles. The molecule has 0 unspecified atom stereocenters. The van der Waals surface area contributed by atoms with Gasteiger partial charge in [0.25, 0.3) is 11.8 Å². The molecule has 1 saturated heterocycles. The lowest BCUT2D eigenvalue weighted by atomic mass is 10.2. The first kappa shape index (κ1) is 29.7. The van der Waals surface area contributed by atoms with Crippen LogP contribution in [-0.4, -0.2) is 41.8 Å². The fourth-order valence-electron chi connectivity index (χ4n) is 4.00. The van der Waals surface area contributed by atoms with E-state index in [4.69, 9.17) is 25.5 Å². The third-order valence-corrected chi connectivity index (χ3v) is 7.43. The molecular weight excluding hydrogens is 588 g/mol. The largest absolute Gasteiger partial charge is 0.497 e. The number of amidine groups is 1. The Labute approximate surface area is 257 Å². The second-order valence-corrected chi connectivity index (χ2v) is 10.8. The van der Waals surface area contributed by atoms with E-state index in [-0.39, 0.29) is 25.0 Å². The molecule has 1 N–H and O–H groups in total. The average molecular weight is 615 g/mol. The maximum atomic E-state index is 13.6. The highest BCUT2D eigenvalue weighted by Crippen LogP contribution is 2.36. The van der Waals surface area contributed by atoms with Gasteiger partial charge in [0.1, 0.15) is 17.3 Å². The van der Waals surface area contributed by atoms with Gasteiger partial charge in [0.2, 0.25) is 0 Å². The molecule has 0 spiro atoms. The molecule has 2 amide bonds. The minimum absolute atomic E-state index is 0.172. The van der Waals surface area contributed by atoms with Gasteiger partial charge in [-0.05, 0) is 97.1 Å². The summed E-state index contributed by atoms with van der Waals surface area (Å²) in [5.74, 6) is 1.11. The minimum atomic E-state index is -0.322. The van der Waals surface area contributed by atoms with E-state index in [1.807, 2.05) is 55.5 Å². The molecule has 1 aliphatic rings. The van der Waals surface area contributed by atoms with E-state index in [9.17, 15) is 9.59 Å². The molecule has 5 rings (SSSR count). The molecule has 9 nitrogen and oxygen atoms in total. The molecule has 0 bridgehead atoms. The van der Waals surface area contributed by atoms with Crippen LogP contribution in [0.1, 0.15) is 22.5 Å². The van der Waals surface area contributed by atoms with Crippen molar-refractivity contribution < 1.29 is 23.5 Å². The molecule has 4 aromatic rings. The van der Waals surface area contributed by atoms with Crippen LogP contribution in [0.3, 0.4) is 0 Å². The number of hydrogen-bond acceptors (Lipinski definition) is 8. The fraction of sp³-hybridized carbons (Fsp3) is 0.125. The van der Waals surface area contributed by atoms with E-state index >= 15 is 0 Å². The molecule has 2 heterocycles. The number of halogens is 1. The number of benzene rings is 3. The maximum absolute atomic E-state index is 13.6. The second kappa shape index (κ2) is 13.9. The highest BCUT2D eigenvalue weighted by Gasteiger charge is 2.34. The van der Waals surface area contributed by atoms with E-state index in [1.54, 1.807) is 56.0 Å². The van der Waals surface area contributed by atoms with Gasteiger partial charge in [-0.15, -0.1) is 5.10 Å². The van der Waals surface area contributed by atoms with Crippen LogP contribution in [0.2, 0.25) is 5.02 Å². The van der Waals surface area contributed by atoms with Crippen LogP contribution < -0.4 is 14.8 Å². The number of hydrogen-bond donors (Lipinski definition) is 1. The molecule has 43 heavy (non-hydrogen) atoms. The molecule has 1 fully saturated rings. The van der Waals surface area contributed by atoms with Gasteiger partial charge in [0.15, 0.2) is 11.8 Å². The van der Waals surface area contributed by atoms with Crippen molar-refractivity contribution in [1.29, 1.82) is 0 Å². The summed E-state index contributed by atoms with van der Waals surface area (Å²) in [6.07, 6.45) is 4.80. The summed E-state index contributed by atoms with van der Waals surface area (Å²) in [5.41, 5.74) is 3.11. The minimum Gasteiger partial charge on any atom is -0.497 e. The Morgan fingerprint density at radius 2 is 1.88 bits per heavy atom. The fourth-order valence-corrected chi connectivity index (χ4v) is 5.10. The van der Waals surface area contributed by atoms with Crippen molar-refractivity contribution in [1.82, 2.24) is 4.90 Å². The van der Waals surface area contributed by atoms with Gasteiger partial charge in [-0.25, -0.2) is 0 Å². The lowest BCUT2D eigenvalue weighted by molar-refractivity contribution is -0.122. The van der Waals surface area contributed by atoms with Crippen LogP contribution in [0.15, 0.2) is 105 Å². The highest BCUT2D eigenvalue weighted by atomic mass is 35.5. The first-order valence-electron chi connectivity index (χ1n) is 13.2. The first-order valence-corrected chi connectivity index (χ1v) is 14.3. The molecule has 0 radical (unpaired) electrons. The number of thioether (sulfide) groups is 1. The smallest absolute Gasteiger partial charge is 0.267 e. The number of carbonyl (C=O) groups is 2. The van der Waals surface area contributed by atoms with Crippen LogP contribution in [0, 0.1) is 6.92 Å². The molecular formula is C32H27ClN4O5S. The number of carbonyl (C=O) groups excluding carboxylic acids is 2. The van der Waals surface area contributed by atoms with Crippen molar-refractivity contribution in [3.63, 3.8) is 0 Å². The monoisotopic (exact) mass is 614 g/mol. The van der Waals surface area contributed by atoms with Gasteiger partial charge in [-0.3, -0.25) is 14.5 Å². The van der Waals surface area contributed by atoms with Crippen molar-refractivity contribution >= 4 is 58.3 Å². The predicted molar refractivity (Wildman–Crippen MR) is 170 cm³/mol. The zero-order chi connectivity index (χ0) is 30.2. The van der Waals surface area contributed by atoms with Crippen LogP contribution >= 0.6 is 23.4 Å². The lowest BCUT2D eigenvalue weighted by Gasteiger charge is -2.13. The van der Waals surface area contributed by atoms with Gasteiger partial charge in [-0.1, -0.05) is 29.3 Å². The summed E-state index contributed by atoms with van der Waals surface area (Å²) < 4.78 is 16.5. The molecule has 218 valence electrons. The SMILES string of the molecule is COc1ccc(/C=N\N=C2\S/C(=C\c3cc(Cl)ccc3OCC(=O)Nc3ccc(C)cc3)C(=O)N2Cc2ccco2)cc1. The normalized spacial score (nSPS) is 15.0. The zero-order valence-electron chi connectivity index (χ0n) is 23.3. The van der Waals surface area contributed by atoms with Crippen molar-refractivity contribution in [2.24, 2.45) is 10.2 Å². The number of methoxy groups -OCH3 is 1. The number of rotatable bonds is 10.